The van der Waals surface area contributed by atoms with Crippen LogP contribution in [0.15, 0.2) is 66.7 Å². The molecule has 1 aliphatic rings. The number of hydrogen-bond donors (Lipinski definition) is 0. The molecule has 23 heavy (non-hydrogen) atoms. The van der Waals surface area contributed by atoms with E-state index in [1.807, 2.05) is 60.7 Å². The first-order valence-corrected chi connectivity index (χ1v) is 7.60. The molecule has 1 fully saturated rings. The molecule has 1 unspecified atom stereocenters. The van der Waals surface area contributed by atoms with E-state index in [1.165, 1.54) is 11.0 Å². The first-order chi connectivity index (χ1) is 11.3. The number of carbonyl (C=O) groups excluding carboxylic acids is 1. The maximum Gasteiger partial charge on any atom is 0.249 e. The summed E-state index contributed by atoms with van der Waals surface area (Å²) in [6.07, 6.45) is 0.128. The molecule has 3 nitrogen and oxygen atoms in total. The van der Waals surface area contributed by atoms with Crippen molar-refractivity contribution in [1.82, 2.24) is 4.90 Å². The number of nitrogens with zero attached hydrogens (tertiary/aromatic N) is 1. The Balaban J connectivity index is 1.96. The number of halogens is 1. The highest BCUT2D eigenvalue weighted by Crippen LogP contribution is 2.24. The fourth-order valence-corrected chi connectivity index (χ4v) is 2.60. The molecule has 2 aromatic rings. The standard InChI is InChI=1S/C19H18FNO2/c20-18-14-23-12-11-21(18)19(22)13-17(15-7-3-1-4-8-15)16-9-5-2-6-10-16/h1-10,13,18H,11-12,14H2. The van der Waals surface area contributed by atoms with Crippen molar-refractivity contribution in [3.63, 3.8) is 0 Å². The van der Waals surface area contributed by atoms with Gasteiger partial charge in [0.2, 0.25) is 5.91 Å². The monoisotopic (exact) mass is 311 g/mol. The minimum Gasteiger partial charge on any atom is -0.375 e. The van der Waals surface area contributed by atoms with Gasteiger partial charge in [0, 0.05) is 12.6 Å². The zero-order valence-electron chi connectivity index (χ0n) is 12.7. The van der Waals surface area contributed by atoms with E-state index in [1.54, 1.807) is 0 Å². The summed E-state index contributed by atoms with van der Waals surface area (Å²) in [5, 5.41) is 0. The molecule has 0 saturated carbocycles. The van der Waals surface area contributed by atoms with Crippen LogP contribution in [0.25, 0.3) is 5.57 Å². The van der Waals surface area contributed by atoms with Crippen LogP contribution >= 0.6 is 0 Å². The van der Waals surface area contributed by atoms with Crippen molar-refractivity contribution in [3.8, 4) is 0 Å². The average molecular weight is 311 g/mol. The van der Waals surface area contributed by atoms with E-state index in [-0.39, 0.29) is 19.1 Å². The zero-order chi connectivity index (χ0) is 16.1. The third-order valence-electron chi connectivity index (χ3n) is 3.79. The number of rotatable bonds is 3. The van der Waals surface area contributed by atoms with Crippen LogP contribution in [0.3, 0.4) is 0 Å². The Morgan fingerprint density at radius 1 is 1.04 bits per heavy atom. The third kappa shape index (κ3) is 3.66. The van der Waals surface area contributed by atoms with Crippen molar-refractivity contribution >= 4 is 11.5 Å². The van der Waals surface area contributed by atoms with Gasteiger partial charge in [-0.3, -0.25) is 4.79 Å². The molecule has 1 saturated heterocycles. The molecule has 1 amide bonds. The molecule has 1 atom stereocenters. The molecule has 2 aromatic carbocycles. The predicted molar refractivity (Wildman–Crippen MR) is 87.4 cm³/mol. The first-order valence-electron chi connectivity index (χ1n) is 7.60. The molecule has 0 radical (unpaired) electrons. The summed E-state index contributed by atoms with van der Waals surface area (Å²) >= 11 is 0. The van der Waals surface area contributed by atoms with Gasteiger partial charge >= 0.3 is 0 Å². The van der Waals surface area contributed by atoms with Crippen LogP contribution in [-0.4, -0.2) is 36.9 Å². The highest BCUT2D eigenvalue weighted by Gasteiger charge is 2.26. The zero-order valence-corrected chi connectivity index (χ0v) is 12.7. The van der Waals surface area contributed by atoms with Crippen molar-refractivity contribution in [2.75, 3.05) is 19.8 Å². The van der Waals surface area contributed by atoms with Crippen LogP contribution in [0.2, 0.25) is 0 Å². The van der Waals surface area contributed by atoms with Crippen LogP contribution < -0.4 is 0 Å². The number of hydrogen-bond acceptors (Lipinski definition) is 2. The van der Waals surface area contributed by atoms with Gasteiger partial charge in [-0.25, -0.2) is 4.39 Å². The largest absolute Gasteiger partial charge is 0.375 e. The highest BCUT2D eigenvalue weighted by molar-refractivity contribution is 5.99. The van der Waals surface area contributed by atoms with E-state index < -0.39 is 6.30 Å². The lowest BCUT2D eigenvalue weighted by Gasteiger charge is -2.29. The second-order valence-electron chi connectivity index (χ2n) is 5.33. The Morgan fingerprint density at radius 3 is 2.13 bits per heavy atom. The fraction of sp³-hybridized carbons (Fsp3) is 0.211. The van der Waals surface area contributed by atoms with Crippen LogP contribution in [-0.2, 0) is 9.53 Å². The molecular weight excluding hydrogens is 293 g/mol. The number of alkyl halides is 1. The second kappa shape index (κ2) is 7.20. The Kier molecular flexibility index (Phi) is 4.83. The topological polar surface area (TPSA) is 29.5 Å². The Bertz CT molecular complexity index is 644. The minimum atomic E-state index is -1.39. The summed E-state index contributed by atoms with van der Waals surface area (Å²) < 4.78 is 19.0. The van der Waals surface area contributed by atoms with Crippen molar-refractivity contribution in [1.29, 1.82) is 0 Å². The second-order valence-corrected chi connectivity index (χ2v) is 5.33. The molecule has 4 heteroatoms. The summed E-state index contributed by atoms with van der Waals surface area (Å²) in [5.41, 5.74) is 2.64. The Labute approximate surface area is 135 Å². The highest BCUT2D eigenvalue weighted by atomic mass is 19.1. The number of ether oxygens (including phenoxy) is 1. The third-order valence-corrected chi connectivity index (χ3v) is 3.79. The molecule has 1 aliphatic heterocycles. The minimum absolute atomic E-state index is 0.0639. The van der Waals surface area contributed by atoms with Gasteiger partial charge in [0.15, 0.2) is 6.30 Å². The number of benzene rings is 2. The van der Waals surface area contributed by atoms with E-state index in [4.69, 9.17) is 4.74 Å². The fourth-order valence-electron chi connectivity index (χ4n) is 2.60. The van der Waals surface area contributed by atoms with Crippen molar-refractivity contribution in [2.24, 2.45) is 0 Å². The van der Waals surface area contributed by atoms with Crippen molar-refractivity contribution < 1.29 is 13.9 Å². The lowest BCUT2D eigenvalue weighted by molar-refractivity contribution is -0.142. The molecule has 118 valence electrons. The molecule has 0 aromatic heterocycles. The summed E-state index contributed by atoms with van der Waals surface area (Å²) in [4.78, 5) is 13.7. The van der Waals surface area contributed by atoms with Gasteiger partial charge in [-0.1, -0.05) is 60.7 Å². The quantitative estimate of drug-likeness (QED) is 0.643. The summed E-state index contributed by atoms with van der Waals surface area (Å²) in [7, 11) is 0. The van der Waals surface area contributed by atoms with Crippen molar-refractivity contribution in [3.05, 3.63) is 77.9 Å². The van der Waals surface area contributed by atoms with Gasteiger partial charge in [0.1, 0.15) is 0 Å². The van der Waals surface area contributed by atoms with Gasteiger partial charge in [-0.2, -0.15) is 0 Å². The maximum absolute atomic E-state index is 13.9. The van der Waals surface area contributed by atoms with Crippen LogP contribution in [0.1, 0.15) is 11.1 Å². The summed E-state index contributed by atoms with van der Waals surface area (Å²) in [6.45, 7) is 0.574. The van der Waals surface area contributed by atoms with Gasteiger partial charge < -0.3 is 9.64 Å². The van der Waals surface area contributed by atoms with Crippen LogP contribution in [0.5, 0.6) is 0 Å². The number of morpholine rings is 1. The number of carbonyl (C=O) groups is 1. The van der Waals surface area contributed by atoms with Gasteiger partial charge in [-0.15, -0.1) is 0 Å². The van der Waals surface area contributed by atoms with E-state index >= 15 is 0 Å². The van der Waals surface area contributed by atoms with Crippen molar-refractivity contribution in [2.45, 2.75) is 6.30 Å². The molecule has 0 bridgehead atoms. The van der Waals surface area contributed by atoms with Crippen LogP contribution in [0.4, 0.5) is 4.39 Å². The summed E-state index contributed by atoms with van der Waals surface area (Å²) in [5.74, 6) is -0.330. The molecular formula is C19H18FNO2. The SMILES string of the molecule is O=C(C=C(c1ccccc1)c1ccccc1)N1CCOCC1F. The van der Waals surface area contributed by atoms with E-state index in [0.717, 1.165) is 16.7 Å². The van der Waals surface area contributed by atoms with Gasteiger partial charge in [-0.05, 0) is 16.7 Å². The molecule has 1 heterocycles. The number of amides is 1. The smallest absolute Gasteiger partial charge is 0.249 e. The molecule has 0 spiro atoms. The molecule has 3 rings (SSSR count). The van der Waals surface area contributed by atoms with E-state index in [0.29, 0.717) is 6.61 Å². The Hall–Kier alpha value is -2.46. The summed E-state index contributed by atoms with van der Waals surface area (Å²) in [6, 6.07) is 19.3. The van der Waals surface area contributed by atoms with Gasteiger partial charge in [0.25, 0.3) is 0 Å². The normalized spacial score (nSPS) is 17.6. The maximum atomic E-state index is 13.9. The Morgan fingerprint density at radius 2 is 1.61 bits per heavy atom. The predicted octanol–water partition coefficient (Wildman–Crippen LogP) is 3.27. The van der Waals surface area contributed by atoms with E-state index in [2.05, 4.69) is 0 Å². The van der Waals surface area contributed by atoms with E-state index in [9.17, 15) is 9.18 Å². The van der Waals surface area contributed by atoms with Crippen LogP contribution in [0, 0.1) is 0 Å². The van der Waals surface area contributed by atoms with Gasteiger partial charge in [0.05, 0.1) is 13.2 Å². The average Bonchev–Trinajstić information content (AvgIpc) is 2.61. The molecule has 0 N–H and O–H groups in total. The lowest BCUT2D eigenvalue weighted by Crippen LogP contribution is -2.45. The lowest BCUT2D eigenvalue weighted by atomic mass is 9.97. The first kappa shape index (κ1) is 15.4. The molecule has 0 aliphatic carbocycles.